The van der Waals surface area contributed by atoms with Crippen LogP contribution in [-0.2, 0) is 13.0 Å². The smallest absolute Gasteiger partial charge is 0.123 e. The van der Waals surface area contributed by atoms with Crippen molar-refractivity contribution in [3.8, 4) is 10.6 Å². The van der Waals surface area contributed by atoms with Gasteiger partial charge in [-0.05, 0) is 37.3 Å². The van der Waals surface area contributed by atoms with Gasteiger partial charge in [-0.25, -0.2) is 4.98 Å². The molecule has 1 aromatic heterocycles. The standard InChI is InChI=1S/C17H21ClN2S/c1-11(2)8-15-16(10-19-14-6-7-14)21-17(20-15)12-4-3-5-13(18)9-12/h3-5,9,11,14,19H,6-8,10H2,1-2H3. The Morgan fingerprint density at radius 3 is 2.86 bits per heavy atom. The van der Waals surface area contributed by atoms with Crippen LogP contribution in [0, 0.1) is 5.92 Å². The summed E-state index contributed by atoms with van der Waals surface area (Å²) in [5, 5.41) is 5.46. The van der Waals surface area contributed by atoms with Crippen LogP contribution < -0.4 is 5.32 Å². The second kappa shape index (κ2) is 6.47. The minimum atomic E-state index is 0.624. The summed E-state index contributed by atoms with van der Waals surface area (Å²) in [7, 11) is 0. The molecule has 1 aromatic carbocycles. The Morgan fingerprint density at radius 2 is 2.19 bits per heavy atom. The van der Waals surface area contributed by atoms with E-state index in [1.54, 1.807) is 11.3 Å². The number of rotatable bonds is 6. The van der Waals surface area contributed by atoms with Crippen LogP contribution in [0.2, 0.25) is 5.02 Å². The molecule has 0 saturated heterocycles. The molecule has 0 bridgehead atoms. The minimum absolute atomic E-state index is 0.624. The fourth-order valence-corrected chi connectivity index (χ4v) is 3.56. The molecule has 0 unspecified atom stereocenters. The van der Waals surface area contributed by atoms with Gasteiger partial charge in [-0.3, -0.25) is 0 Å². The third-order valence-electron chi connectivity index (χ3n) is 3.58. The van der Waals surface area contributed by atoms with E-state index in [2.05, 4.69) is 25.2 Å². The lowest BCUT2D eigenvalue weighted by Gasteiger charge is -2.05. The van der Waals surface area contributed by atoms with Crippen molar-refractivity contribution in [2.75, 3.05) is 0 Å². The van der Waals surface area contributed by atoms with Crippen molar-refractivity contribution in [3.63, 3.8) is 0 Å². The Labute approximate surface area is 135 Å². The lowest BCUT2D eigenvalue weighted by atomic mass is 10.1. The highest BCUT2D eigenvalue weighted by Crippen LogP contribution is 2.31. The maximum Gasteiger partial charge on any atom is 0.123 e. The summed E-state index contributed by atoms with van der Waals surface area (Å²) in [5.74, 6) is 0.624. The summed E-state index contributed by atoms with van der Waals surface area (Å²) in [6.07, 6.45) is 3.68. The van der Waals surface area contributed by atoms with Crippen LogP contribution in [-0.4, -0.2) is 11.0 Å². The van der Waals surface area contributed by atoms with Gasteiger partial charge in [0, 0.05) is 28.0 Å². The molecule has 0 amide bonds. The molecular weight excluding hydrogens is 300 g/mol. The van der Waals surface area contributed by atoms with Crippen molar-refractivity contribution in [3.05, 3.63) is 39.9 Å². The van der Waals surface area contributed by atoms with Gasteiger partial charge in [-0.1, -0.05) is 37.6 Å². The molecule has 21 heavy (non-hydrogen) atoms. The van der Waals surface area contributed by atoms with Crippen molar-refractivity contribution < 1.29 is 0 Å². The van der Waals surface area contributed by atoms with E-state index in [4.69, 9.17) is 16.6 Å². The number of hydrogen-bond acceptors (Lipinski definition) is 3. The SMILES string of the molecule is CC(C)Cc1nc(-c2cccc(Cl)c2)sc1CNC1CC1. The molecule has 4 heteroatoms. The molecule has 1 fully saturated rings. The first-order chi connectivity index (χ1) is 10.1. The van der Waals surface area contributed by atoms with Gasteiger partial charge in [0.2, 0.25) is 0 Å². The number of nitrogens with one attached hydrogen (secondary N) is 1. The van der Waals surface area contributed by atoms with Crippen LogP contribution in [0.25, 0.3) is 10.6 Å². The Kier molecular flexibility index (Phi) is 4.63. The molecule has 0 aliphatic heterocycles. The Hall–Kier alpha value is -0.900. The molecule has 2 aromatic rings. The van der Waals surface area contributed by atoms with Gasteiger partial charge in [0.25, 0.3) is 0 Å². The maximum atomic E-state index is 6.10. The topological polar surface area (TPSA) is 24.9 Å². The van der Waals surface area contributed by atoms with Gasteiger partial charge in [-0.15, -0.1) is 11.3 Å². The lowest BCUT2D eigenvalue weighted by Crippen LogP contribution is -2.15. The zero-order chi connectivity index (χ0) is 14.8. The first-order valence-electron chi connectivity index (χ1n) is 7.59. The molecule has 1 N–H and O–H groups in total. The Bertz CT molecular complexity index is 617. The summed E-state index contributed by atoms with van der Waals surface area (Å²) in [6.45, 7) is 5.44. The van der Waals surface area contributed by atoms with Crippen LogP contribution in [0.3, 0.4) is 0 Å². The van der Waals surface area contributed by atoms with Crippen LogP contribution >= 0.6 is 22.9 Å². The highest BCUT2D eigenvalue weighted by Gasteiger charge is 2.22. The van der Waals surface area contributed by atoms with Gasteiger partial charge in [-0.2, -0.15) is 0 Å². The molecule has 1 aliphatic carbocycles. The molecule has 1 heterocycles. The molecule has 112 valence electrons. The van der Waals surface area contributed by atoms with Crippen molar-refractivity contribution in [1.82, 2.24) is 10.3 Å². The zero-order valence-electron chi connectivity index (χ0n) is 12.5. The van der Waals surface area contributed by atoms with Gasteiger partial charge in [0.15, 0.2) is 0 Å². The number of benzene rings is 1. The van der Waals surface area contributed by atoms with E-state index in [0.29, 0.717) is 5.92 Å². The average molecular weight is 321 g/mol. The average Bonchev–Trinajstić information content (AvgIpc) is 3.18. The van der Waals surface area contributed by atoms with Crippen LogP contribution in [0.5, 0.6) is 0 Å². The Balaban J connectivity index is 1.86. The molecule has 3 rings (SSSR count). The van der Waals surface area contributed by atoms with Crippen LogP contribution in [0.4, 0.5) is 0 Å². The van der Waals surface area contributed by atoms with Crippen molar-refractivity contribution in [1.29, 1.82) is 0 Å². The first-order valence-corrected chi connectivity index (χ1v) is 8.79. The van der Waals surface area contributed by atoms with Crippen molar-refractivity contribution >= 4 is 22.9 Å². The predicted octanol–water partition coefficient (Wildman–Crippen LogP) is 4.91. The summed E-state index contributed by atoms with van der Waals surface area (Å²) in [4.78, 5) is 6.26. The van der Waals surface area contributed by atoms with E-state index in [0.717, 1.165) is 34.6 Å². The van der Waals surface area contributed by atoms with Gasteiger partial charge in [0.1, 0.15) is 5.01 Å². The Morgan fingerprint density at radius 1 is 1.38 bits per heavy atom. The van der Waals surface area contributed by atoms with E-state index in [9.17, 15) is 0 Å². The van der Waals surface area contributed by atoms with Gasteiger partial charge in [0.05, 0.1) is 5.69 Å². The van der Waals surface area contributed by atoms with Gasteiger partial charge >= 0.3 is 0 Å². The monoisotopic (exact) mass is 320 g/mol. The maximum absolute atomic E-state index is 6.10. The van der Waals surface area contributed by atoms with E-state index in [1.807, 2.05) is 18.2 Å². The number of nitrogens with zero attached hydrogens (tertiary/aromatic N) is 1. The molecular formula is C17H21ClN2S. The van der Waals surface area contributed by atoms with Crippen molar-refractivity contribution in [2.24, 2.45) is 5.92 Å². The predicted molar refractivity (Wildman–Crippen MR) is 91.0 cm³/mol. The number of aromatic nitrogens is 1. The summed E-state index contributed by atoms with van der Waals surface area (Å²) >= 11 is 7.90. The molecule has 0 atom stereocenters. The second-order valence-electron chi connectivity index (χ2n) is 6.15. The largest absolute Gasteiger partial charge is 0.309 e. The number of thiazole rings is 1. The fourth-order valence-electron chi connectivity index (χ4n) is 2.34. The third-order valence-corrected chi connectivity index (χ3v) is 4.96. The summed E-state index contributed by atoms with van der Waals surface area (Å²) in [6, 6.07) is 8.71. The summed E-state index contributed by atoms with van der Waals surface area (Å²) in [5.41, 5.74) is 2.37. The minimum Gasteiger partial charge on any atom is -0.309 e. The number of halogens is 1. The van der Waals surface area contributed by atoms with Crippen LogP contribution in [0.1, 0.15) is 37.3 Å². The molecule has 2 nitrogen and oxygen atoms in total. The van der Waals surface area contributed by atoms with E-state index in [-0.39, 0.29) is 0 Å². The first kappa shape index (κ1) is 15.0. The van der Waals surface area contributed by atoms with Crippen molar-refractivity contribution in [2.45, 2.75) is 45.7 Å². The lowest BCUT2D eigenvalue weighted by molar-refractivity contribution is 0.624. The van der Waals surface area contributed by atoms with Crippen LogP contribution in [0.15, 0.2) is 24.3 Å². The van der Waals surface area contributed by atoms with E-state index >= 15 is 0 Å². The van der Waals surface area contributed by atoms with E-state index < -0.39 is 0 Å². The highest BCUT2D eigenvalue weighted by molar-refractivity contribution is 7.15. The van der Waals surface area contributed by atoms with Gasteiger partial charge < -0.3 is 5.32 Å². The summed E-state index contributed by atoms with van der Waals surface area (Å²) < 4.78 is 0. The second-order valence-corrected chi connectivity index (χ2v) is 7.67. The molecule has 1 aliphatic rings. The third kappa shape index (κ3) is 4.06. The zero-order valence-corrected chi connectivity index (χ0v) is 14.1. The van der Waals surface area contributed by atoms with E-state index in [1.165, 1.54) is 23.4 Å². The molecule has 0 radical (unpaired) electrons. The highest BCUT2D eigenvalue weighted by atomic mass is 35.5. The number of hydrogen-bond donors (Lipinski definition) is 1. The molecule has 0 spiro atoms. The normalized spacial score (nSPS) is 14.9. The quantitative estimate of drug-likeness (QED) is 0.817. The molecule has 1 saturated carbocycles. The fraction of sp³-hybridized carbons (Fsp3) is 0.471.